The van der Waals surface area contributed by atoms with Crippen LogP contribution in [0.15, 0.2) is 0 Å². The van der Waals surface area contributed by atoms with Crippen molar-refractivity contribution in [3.8, 4) is 0 Å². The van der Waals surface area contributed by atoms with Gasteiger partial charge < -0.3 is 19.1 Å². The molecule has 0 heterocycles. The Hall–Kier alpha value is -1.14. The van der Waals surface area contributed by atoms with Gasteiger partial charge in [-0.25, -0.2) is 0 Å². The molecular weight excluding hydrogens is 683 g/mol. The quantitative estimate of drug-likeness (QED) is 0.0378. The third-order valence-corrected chi connectivity index (χ3v) is 11.6. The van der Waals surface area contributed by atoms with Gasteiger partial charge in [-0.1, -0.05) is 213 Å². The predicted molar refractivity (Wildman–Crippen MR) is 237 cm³/mol. The lowest BCUT2D eigenvalue weighted by Crippen LogP contribution is -2.48. The van der Waals surface area contributed by atoms with Gasteiger partial charge in [0.05, 0.1) is 20.6 Å². The third-order valence-electron chi connectivity index (χ3n) is 11.6. The summed E-state index contributed by atoms with van der Waals surface area (Å²) in [6.45, 7) is 6.74. The number of rotatable bonds is 45. The number of ether oxygens (including phenoxy) is 2. The van der Waals surface area contributed by atoms with E-state index < -0.39 is 6.10 Å². The maximum absolute atomic E-state index is 13.0. The average molecular weight is 781 g/mol. The van der Waals surface area contributed by atoms with Crippen molar-refractivity contribution in [2.45, 2.75) is 264 Å². The molecule has 0 spiro atoms. The number of unbranched alkanes of at least 4 members (excludes halogenated alkanes) is 33. The monoisotopic (exact) mass is 781 g/mol. The number of carbonyl (C=O) groups is 2. The number of aliphatic hydroxyl groups excluding tert-OH is 1. The summed E-state index contributed by atoms with van der Waals surface area (Å²) in [7, 11) is 4.43. The number of quaternary nitrogens is 1. The van der Waals surface area contributed by atoms with E-state index in [1.165, 1.54) is 186 Å². The molecule has 0 saturated carbocycles. The number of aliphatic hydroxyl groups is 1. The van der Waals surface area contributed by atoms with Gasteiger partial charge in [0.25, 0.3) is 0 Å². The van der Waals surface area contributed by atoms with Crippen LogP contribution in [0.25, 0.3) is 0 Å². The second-order valence-electron chi connectivity index (χ2n) is 17.9. The zero-order valence-electron chi connectivity index (χ0n) is 37.8. The van der Waals surface area contributed by atoms with Crippen molar-refractivity contribution >= 4 is 11.9 Å². The highest BCUT2D eigenvalue weighted by molar-refractivity contribution is 5.70. The van der Waals surface area contributed by atoms with E-state index in [9.17, 15) is 9.59 Å². The molecule has 0 aromatic rings. The second kappa shape index (κ2) is 42.5. The van der Waals surface area contributed by atoms with E-state index in [1.807, 2.05) is 0 Å². The molecule has 0 radical (unpaired) electrons. The van der Waals surface area contributed by atoms with Crippen molar-refractivity contribution in [1.29, 1.82) is 0 Å². The maximum atomic E-state index is 13.0. The van der Waals surface area contributed by atoms with Gasteiger partial charge in [-0.3, -0.25) is 9.59 Å². The van der Waals surface area contributed by atoms with Crippen LogP contribution in [-0.4, -0.2) is 68.0 Å². The molecule has 0 fully saturated rings. The minimum atomic E-state index is -0.397. The number of hydrogen-bond acceptors (Lipinski definition) is 5. The Labute approximate surface area is 344 Å². The minimum Gasteiger partial charge on any atom is -0.461 e. The van der Waals surface area contributed by atoms with E-state index in [2.05, 4.69) is 27.9 Å². The topological polar surface area (TPSA) is 72.8 Å². The number of esters is 2. The Balaban J connectivity index is 4.44. The number of hydrogen-bond donors (Lipinski definition) is 1. The Morgan fingerprint density at radius 2 is 0.745 bits per heavy atom. The van der Waals surface area contributed by atoms with Gasteiger partial charge in [0.1, 0.15) is 13.2 Å². The van der Waals surface area contributed by atoms with Crippen LogP contribution >= 0.6 is 0 Å². The first-order chi connectivity index (χ1) is 26.8. The van der Waals surface area contributed by atoms with Crippen LogP contribution in [0.2, 0.25) is 0 Å². The van der Waals surface area contributed by atoms with Crippen LogP contribution in [-0.2, 0) is 19.1 Å². The van der Waals surface area contributed by atoms with E-state index in [1.54, 1.807) is 0 Å². The molecule has 0 saturated heterocycles. The van der Waals surface area contributed by atoms with Crippen molar-refractivity contribution in [3.63, 3.8) is 0 Å². The molecule has 6 heteroatoms. The van der Waals surface area contributed by atoms with Gasteiger partial charge in [-0.15, -0.1) is 0 Å². The highest BCUT2D eigenvalue weighted by atomic mass is 16.6. The van der Waals surface area contributed by atoms with Gasteiger partial charge in [0.2, 0.25) is 0 Å². The first kappa shape index (κ1) is 53.9. The van der Waals surface area contributed by atoms with Gasteiger partial charge in [0.15, 0.2) is 6.10 Å². The fraction of sp³-hybridized carbons (Fsp3) is 0.959. The van der Waals surface area contributed by atoms with E-state index in [0.717, 1.165) is 56.0 Å². The number of carbonyl (C=O) groups excluding carboxylic acids is 2. The third kappa shape index (κ3) is 42.3. The minimum absolute atomic E-state index is 0.142. The highest BCUT2D eigenvalue weighted by Gasteiger charge is 2.26. The fourth-order valence-electron chi connectivity index (χ4n) is 7.91. The van der Waals surface area contributed by atoms with Crippen molar-refractivity contribution in [2.75, 3.05) is 40.4 Å². The molecule has 0 rings (SSSR count). The molecule has 0 amide bonds. The lowest BCUT2D eigenvalue weighted by atomic mass is 10.0. The molecule has 6 nitrogen and oxygen atoms in total. The molecule has 1 N–H and O–H groups in total. The van der Waals surface area contributed by atoms with E-state index in [0.29, 0.717) is 26.0 Å². The van der Waals surface area contributed by atoms with Crippen LogP contribution in [0.5, 0.6) is 0 Å². The summed E-state index contributed by atoms with van der Waals surface area (Å²) >= 11 is 0. The second-order valence-corrected chi connectivity index (χ2v) is 17.9. The maximum Gasteiger partial charge on any atom is 0.306 e. The molecule has 0 bridgehead atoms. The molecule has 328 valence electrons. The smallest absolute Gasteiger partial charge is 0.306 e. The van der Waals surface area contributed by atoms with Crippen LogP contribution < -0.4 is 0 Å². The number of likely N-dealkylation sites (N-methyl/N-ethyl adjacent to an activating group) is 1. The molecule has 1 atom stereocenters. The van der Waals surface area contributed by atoms with Gasteiger partial charge in [-0.05, 0) is 32.1 Å². The largest absolute Gasteiger partial charge is 0.461 e. The molecular formula is C49H98NO5+. The summed E-state index contributed by atoms with van der Waals surface area (Å²) in [5.74, 6) is -0.295. The summed E-state index contributed by atoms with van der Waals surface area (Å²) in [6.07, 6.45) is 46.1. The Morgan fingerprint density at radius 3 is 1.11 bits per heavy atom. The summed E-state index contributed by atoms with van der Waals surface area (Å²) in [6, 6.07) is 0. The molecule has 0 aromatic heterocycles. The fourth-order valence-corrected chi connectivity index (χ4v) is 7.91. The number of nitrogens with zero attached hydrogens (tertiary/aromatic N) is 1. The zero-order chi connectivity index (χ0) is 40.3. The van der Waals surface area contributed by atoms with Gasteiger partial charge in [-0.2, -0.15) is 0 Å². The molecule has 0 aliphatic carbocycles. The van der Waals surface area contributed by atoms with E-state index >= 15 is 0 Å². The SMILES string of the molecule is CCCCCCCCCCCCCCCC(=O)OCC(C[N+](C)(C)CCCCCCCCCCCCO)OC(=O)CCCCCCCCCCCCCCC. The first-order valence-electron chi connectivity index (χ1n) is 24.6. The molecule has 0 aliphatic heterocycles. The van der Waals surface area contributed by atoms with Crippen molar-refractivity contribution in [1.82, 2.24) is 0 Å². The first-order valence-corrected chi connectivity index (χ1v) is 24.6. The van der Waals surface area contributed by atoms with Crippen LogP contribution in [0.4, 0.5) is 0 Å². The Bertz CT molecular complexity index is 802. The Kier molecular flexibility index (Phi) is 41.6. The summed E-state index contributed by atoms with van der Waals surface area (Å²) in [5, 5.41) is 8.93. The molecule has 0 aromatic carbocycles. The van der Waals surface area contributed by atoms with Crippen molar-refractivity contribution in [3.05, 3.63) is 0 Å². The summed E-state index contributed by atoms with van der Waals surface area (Å²) in [4.78, 5) is 25.7. The lowest BCUT2D eigenvalue weighted by molar-refractivity contribution is -0.893. The van der Waals surface area contributed by atoms with Crippen LogP contribution in [0, 0.1) is 0 Å². The molecule has 0 aliphatic rings. The summed E-state index contributed by atoms with van der Waals surface area (Å²) < 4.78 is 12.5. The van der Waals surface area contributed by atoms with Gasteiger partial charge in [0, 0.05) is 19.4 Å². The van der Waals surface area contributed by atoms with Crippen LogP contribution in [0.3, 0.4) is 0 Å². The standard InChI is InChI=1S/C49H98NO5/c1-5-7-9-11-13-15-17-19-21-25-29-33-37-41-48(52)54-46-47(45-50(3,4)43-39-35-31-27-23-24-28-32-36-40-44-51)55-49(53)42-38-34-30-26-22-20-18-16-14-12-10-8-6-2/h47,51H,5-46H2,1-4H3/q+1. The normalized spacial score (nSPS) is 12.3. The molecule has 1 unspecified atom stereocenters. The van der Waals surface area contributed by atoms with Crippen molar-refractivity contribution < 1.29 is 28.7 Å². The lowest BCUT2D eigenvalue weighted by Gasteiger charge is -2.33. The van der Waals surface area contributed by atoms with Crippen molar-refractivity contribution in [2.24, 2.45) is 0 Å². The summed E-state index contributed by atoms with van der Waals surface area (Å²) in [5.41, 5.74) is 0. The van der Waals surface area contributed by atoms with E-state index in [4.69, 9.17) is 14.6 Å². The molecule has 55 heavy (non-hydrogen) atoms. The average Bonchev–Trinajstić information content (AvgIpc) is 3.16. The highest BCUT2D eigenvalue weighted by Crippen LogP contribution is 2.17. The predicted octanol–water partition coefficient (Wildman–Crippen LogP) is 14.4. The Morgan fingerprint density at radius 1 is 0.436 bits per heavy atom. The van der Waals surface area contributed by atoms with Gasteiger partial charge >= 0.3 is 11.9 Å². The van der Waals surface area contributed by atoms with E-state index in [-0.39, 0.29) is 18.5 Å². The zero-order valence-corrected chi connectivity index (χ0v) is 37.8. The van der Waals surface area contributed by atoms with Crippen LogP contribution in [0.1, 0.15) is 258 Å².